The smallest absolute Gasteiger partial charge is 0.369 e. The van der Waals surface area contributed by atoms with Crippen LogP contribution in [0.1, 0.15) is 19.9 Å². The lowest BCUT2D eigenvalue weighted by Crippen LogP contribution is -2.49. The zero-order valence-corrected chi connectivity index (χ0v) is 22.8. The maximum Gasteiger partial charge on any atom is 0.401 e. The average Bonchev–Trinajstić information content (AvgIpc) is 3.19. The van der Waals surface area contributed by atoms with E-state index in [1.165, 1.54) is 20.7 Å². The predicted molar refractivity (Wildman–Crippen MR) is 151 cm³/mol. The van der Waals surface area contributed by atoms with E-state index in [4.69, 9.17) is 4.99 Å². The molecule has 2 unspecified atom stereocenters. The zero-order valence-electron chi connectivity index (χ0n) is 22.8. The number of guanidine groups is 1. The molecule has 2 aromatic rings. The number of nitrogens with one attached hydrogen (secondary N) is 1. The molecule has 0 aliphatic carbocycles. The second kappa shape index (κ2) is 11.4. The van der Waals surface area contributed by atoms with Crippen molar-refractivity contribution in [3.63, 3.8) is 0 Å². The Balaban J connectivity index is 1.31. The molecule has 2 saturated heterocycles. The summed E-state index contributed by atoms with van der Waals surface area (Å²) in [5.74, 6) is -0.139. The van der Waals surface area contributed by atoms with Crippen LogP contribution >= 0.6 is 0 Å². The van der Waals surface area contributed by atoms with E-state index in [0.29, 0.717) is 43.6 Å². The number of fused-ring (bicyclic) bond motifs is 1. The van der Waals surface area contributed by atoms with Crippen molar-refractivity contribution in [1.82, 2.24) is 19.7 Å². The van der Waals surface area contributed by atoms with Crippen LogP contribution in [-0.2, 0) is 4.79 Å². The molecular weight excluding hydrogens is 539 g/mol. The van der Waals surface area contributed by atoms with E-state index in [-0.39, 0.29) is 24.1 Å². The molecule has 14 heteroatoms. The van der Waals surface area contributed by atoms with Crippen LogP contribution in [0.5, 0.6) is 0 Å². The van der Waals surface area contributed by atoms with E-state index in [1.54, 1.807) is 23.4 Å². The number of benzene rings is 1. The Labute approximate surface area is 235 Å². The molecule has 3 aliphatic heterocycles. The number of halogens is 3. The molecule has 5 rings (SSSR count). The summed E-state index contributed by atoms with van der Waals surface area (Å²) in [5, 5.41) is 10.8. The molecule has 0 radical (unpaired) electrons. The van der Waals surface area contributed by atoms with Crippen molar-refractivity contribution in [1.29, 1.82) is 0 Å². The van der Waals surface area contributed by atoms with E-state index in [0.717, 1.165) is 5.69 Å². The lowest BCUT2D eigenvalue weighted by molar-refractivity contribution is -0.146. The van der Waals surface area contributed by atoms with Gasteiger partial charge >= 0.3 is 6.18 Å². The maximum atomic E-state index is 13.2. The highest BCUT2D eigenvalue weighted by atomic mass is 19.4. The molecule has 1 amide bonds. The van der Waals surface area contributed by atoms with Crippen LogP contribution in [0.2, 0.25) is 0 Å². The van der Waals surface area contributed by atoms with Gasteiger partial charge in [0, 0.05) is 49.8 Å². The van der Waals surface area contributed by atoms with Crippen molar-refractivity contribution in [3.05, 3.63) is 59.4 Å². The Morgan fingerprint density at radius 3 is 2.41 bits per heavy atom. The Hall–Kier alpha value is -4.20. The molecular formula is C27H32F3N9O2. The standard InChI is InChI=1S/C27H32F3N9O2/c1-4-11-37-25(41)21-16-31-26(33-24(21)39(37)22-9-10-23(40)38(34-22)18(2)3)32-19-5-7-20(8-6-19)36-14-12-35(13-15-36)17-27(28,29)30/h4-10,16,18,21,24H,1,11-15,17H2,2-3H3,(H,32,33). The first-order chi connectivity index (χ1) is 19.5. The number of alkyl halides is 3. The number of piperazine rings is 1. The summed E-state index contributed by atoms with van der Waals surface area (Å²) in [6, 6.07) is 10.3. The van der Waals surface area contributed by atoms with Gasteiger partial charge in [0.25, 0.3) is 11.5 Å². The first kappa shape index (κ1) is 28.3. The lowest BCUT2D eigenvalue weighted by Gasteiger charge is -2.36. The van der Waals surface area contributed by atoms with Crippen LogP contribution in [0.15, 0.2) is 63.8 Å². The van der Waals surface area contributed by atoms with Crippen molar-refractivity contribution in [2.75, 3.05) is 54.5 Å². The summed E-state index contributed by atoms with van der Waals surface area (Å²) in [5.41, 5.74) is 1.38. The van der Waals surface area contributed by atoms with Gasteiger partial charge in [-0.15, -0.1) is 11.7 Å². The Bertz CT molecular complexity index is 1400. The summed E-state index contributed by atoms with van der Waals surface area (Å²) in [4.78, 5) is 38.1. The van der Waals surface area contributed by atoms with Crippen LogP contribution in [0, 0.1) is 5.92 Å². The molecule has 218 valence electrons. The van der Waals surface area contributed by atoms with Crippen molar-refractivity contribution in [3.8, 4) is 0 Å². The van der Waals surface area contributed by atoms with Crippen LogP contribution in [0.4, 0.5) is 30.4 Å². The monoisotopic (exact) mass is 571 g/mol. The molecule has 3 aliphatic rings. The summed E-state index contributed by atoms with van der Waals surface area (Å²) in [7, 11) is 0. The van der Waals surface area contributed by atoms with Crippen LogP contribution < -0.4 is 20.8 Å². The predicted octanol–water partition coefficient (Wildman–Crippen LogP) is 2.75. The van der Waals surface area contributed by atoms with Gasteiger partial charge in [0.15, 0.2) is 12.0 Å². The number of anilines is 3. The molecule has 1 aromatic heterocycles. The summed E-state index contributed by atoms with van der Waals surface area (Å²) in [6.45, 7) is 8.50. The fourth-order valence-electron chi connectivity index (χ4n) is 5.12. The molecule has 4 heterocycles. The Morgan fingerprint density at radius 1 is 1.07 bits per heavy atom. The fraction of sp³-hybridized carbons (Fsp3) is 0.444. The highest BCUT2D eigenvalue weighted by molar-refractivity contribution is 6.07. The number of hydrogen-bond donors (Lipinski definition) is 1. The van der Waals surface area contributed by atoms with Gasteiger partial charge in [-0.05, 0) is 44.2 Å². The van der Waals surface area contributed by atoms with Gasteiger partial charge in [-0.25, -0.2) is 24.7 Å². The Morgan fingerprint density at radius 2 is 1.78 bits per heavy atom. The van der Waals surface area contributed by atoms with Gasteiger partial charge in [0.1, 0.15) is 5.92 Å². The van der Waals surface area contributed by atoms with E-state index in [1.807, 2.05) is 38.1 Å². The molecule has 1 aromatic carbocycles. The number of hydrogen-bond acceptors (Lipinski definition) is 9. The highest BCUT2D eigenvalue weighted by Crippen LogP contribution is 2.32. The van der Waals surface area contributed by atoms with Gasteiger partial charge in [0.2, 0.25) is 5.96 Å². The third kappa shape index (κ3) is 6.11. The number of aliphatic imine (C=N–C) groups is 2. The minimum Gasteiger partial charge on any atom is -0.369 e. The minimum absolute atomic E-state index is 0.176. The summed E-state index contributed by atoms with van der Waals surface area (Å²) >= 11 is 0. The summed E-state index contributed by atoms with van der Waals surface area (Å²) in [6.07, 6.45) is -1.69. The second-order valence-corrected chi connectivity index (χ2v) is 10.3. The number of carbonyl (C=O) groups is 1. The lowest BCUT2D eigenvalue weighted by atomic mass is 10.1. The Kier molecular flexibility index (Phi) is 7.84. The van der Waals surface area contributed by atoms with E-state index < -0.39 is 24.8 Å². The molecule has 0 spiro atoms. The molecule has 2 fully saturated rings. The van der Waals surface area contributed by atoms with Crippen molar-refractivity contribution >= 4 is 35.3 Å². The van der Waals surface area contributed by atoms with Crippen LogP contribution in [0.25, 0.3) is 0 Å². The van der Waals surface area contributed by atoms with Crippen molar-refractivity contribution < 1.29 is 18.0 Å². The van der Waals surface area contributed by atoms with Crippen molar-refractivity contribution in [2.45, 2.75) is 32.2 Å². The molecule has 41 heavy (non-hydrogen) atoms. The van der Waals surface area contributed by atoms with Gasteiger partial charge in [0.05, 0.1) is 19.1 Å². The number of carbonyl (C=O) groups excluding carboxylic acids is 1. The van der Waals surface area contributed by atoms with E-state index in [2.05, 4.69) is 26.9 Å². The number of nitrogens with zero attached hydrogens (tertiary/aromatic N) is 8. The summed E-state index contributed by atoms with van der Waals surface area (Å²) < 4.78 is 39.4. The first-order valence-electron chi connectivity index (χ1n) is 13.4. The molecule has 0 bridgehead atoms. The van der Waals surface area contributed by atoms with Crippen molar-refractivity contribution in [2.24, 2.45) is 15.9 Å². The van der Waals surface area contributed by atoms with Crippen LogP contribution in [0.3, 0.4) is 0 Å². The first-order valence-corrected chi connectivity index (χ1v) is 13.4. The maximum absolute atomic E-state index is 13.2. The second-order valence-electron chi connectivity index (χ2n) is 10.3. The number of rotatable bonds is 7. The molecule has 11 nitrogen and oxygen atoms in total. The number of amides is 1. The number of hydrazine groups is 1. The normalized spacial score (nSPS) is 21.4. The molecule has 1 N–H and O–H groups in total. The number of aromatic nitrogens is 2. The quantitative estimate of drug-likeness (QED) is 0.510. The van der Waals surface area contributed by atoms with Gasteiger partial charge < -0.3 is 10.2 Å². The zero-order chi connectivity index (χ0) is 29.3. The largest absolute Gasteiger partial charge is 0.401 e. The third-order valence-electron chi connectivity index (χ3n) is 7.08. The van der Waals surface area contributed by atoms with Gasteiger partial charge in [-0.1, -0.05) is 6.08 Å². The molecule has 2 atom stereocenters. The average molecular weight is 572 g/mol. The molecule has 0 saturated carbocycles. The van der Waals surface area contributed by atoms with Gasteiger partial charge in [-0.2, -0.15) is 13.2 Å². The minimum atomic E-state index is -4.19. The van der Waals surface area contributed by atoms with Gasteiger partial charge in [-0.3, -0.25) is 14.5 Å². The highest BCUT2D eigenvalue weighted by Gasteiger charge is 2.48. The topological polar surface area (TPSA) is 102 Å². The fourth-order valence-corrected chi connectivity index (χ4v) is 5.12. The third-order valence-corrected chi connectivity index (χ3v) is 7.08. The van der Waals surface area contributed by atoms with E-state index >= 15 is 0 Å². The van der Waals surface area contributed by atoms with E-state index in [9.17, 15) is 22.8 Å². The SMILES string of the molecule is C=CCN1C(=O)C2C=NC(Nc3ccc(N4CCN(CC(F)(F)F)CC4)cc3)=NC2N1c1ccc(=O)n(C(C)C)n1. The van der Waals surface area contributed by atoms with Crippen LogP contribution in [-0.4, -0.2) is 89.4 Å².